The predicted molar refractivity (Wildman–Crippen MR) is 36.5 cm³/mol. The summed E-state index contributed by atoms with van der Waals surface area (Å²) in [4.78, 5) is 10.5. The molecule has 0 fully saturated rings. The summed E-state index contributed by atoms with van der Waals surface area (Å²) in [5.41, 5.74) is 0. The molecule has 0 aromatic rings. The Balaban J connectivity index is 3.37. The van der Waals surface area contributed by atoms with Crippen LogP contribution in [0.2, 0.25) is 0 Å². The number of aliphatic hydroxyl groups is 1. The highest BCUT2D eigenvalue weighted by atomic mass is 16.5. The molecule has 0 aliphatic heterocycles. The number of carbonyl (C=O) groups is 1. The lowest BCUT2D eigenvalue weighted by Gasteiger charge is -2.08. The first kappa shape index (κ1) is 9.23. The van der Waals surface area contributed by atoms with Gasteiger partial charge in [0, 0.05) is 0 Å². The monoisotopic (exact) mass is 147 g/mol. The van der Waals surface area contributed by atoms with Crippen molar-refractivity contribution in [3.05, 3.63) is 0 Å². The van der Waals surface area contributed by atoms with Crippen molar-refractivity contribution in [3.63, 3.8) is 0 Å². The van der Waals surface area contributed by atoms with Crippen LogP contribution in [0.4, 0.5) is 4.79 Å². The van der Waals surface area contributed by atoms with Gasteiger partial charge in [0.1, 0.15) is 6.23 Å². The Morgan fingerprint density at radius 3 is 2.70 bits per heavy atom. The molecule has 10 heavy (non-hydrogen) atoms. The van der Waals surface area contributed by atoms with Crippen molar-refractivity contribution < 1.29 is 14.6 Å². The van der Waals surface area contributed by atoms with Crippen LogP contribution in [0.1, 0.15) is 20.3 Å². The van der Waals surface area contributed by atoms with Crippen LogP contribution in [0.25, 0.3) is 0 Å². The highest BCUT2D eigenvalue weighted by Crippen LogP contribution is 1.85. The van der Waals surface area contributed by atoms with Crippen LogP contribution in [-0.2, 0) is 4.74 Å². The van der Waals surface area contributed by atoms with Gasteiger partial charge in [-0.2, -0.15) is 0 Å². The molecule has 0 heterocycles. The number of amides is 1. The summed E-state index contributed by atoms with van der Waals surface area (Å²) in [6.45, 7) is 3.79. The van der Waals surface area contributed by atoms with Crippen LogP contribution in [0.15, 0.2) is 0 Å². The van der Waals surface area contributed by atoms with Gasteiger partial charge >= 0.3 is 6.09 Å². The number of alkyl carbamates (subject to hydrolysis) is 1. The van der Waals surface area contributed by atoms with Gasteiger partial charge in [0.25, 0.3) is 0 Å². The van der Waals surface area contributed by atoms with Gasteiger partial charge < -0.3 is 9.84 Å². The van der Waals surface area contributed by atoms with Gasteiger partial charge in [-0.1, -0.05) is 6.92 Å². The standard InChI is InChI=1S/C6H13NO3/c1-3-5(8)7-6(9)10-4-2/h5,8H,3-4H2,1-2H3,(H,7,9). The highest BCUT2D eigenvalue weighted by Gasteiger charge is 2.04. The molecule has 0 aromatic carbocycles. The SMILES string of the molecule is CCOC(=O)NC(O)CC. The molecule has 1 amide bonds. The second-order valence-electron chi connectivity index (χ2n) is 1.79. The normalized spacial score (nSPS) is 12.3. The van der Waals surface area contributed by atoms with E-state index in [1.165, 1.54) is 0 Å². The Hall–Kier alpha value is -0.770. The molecule has 0 rings (SSSR count). The van der Waals surface area contributed by atoms with E-state index in [0.717, 1.165) is 0 Å². The van der Waals surface area contributed by atoms with E-state index in [4.69, 9.17) is 5.11 Å². The zero-order valence-electron chi connectivity index (χ0n) is 6.26. The lowest BCUT2D eigenvalue weighted by molar-refractivity contribution is 0.0996. The maximum atomic E-state index is 10.5. The lowest BCUT2D eigenvalue weighted by atomic mass is 10.4. The molecule has 0 saturated heterocycles. The Labute approximate surface area is 60.2 Å². The van der Waals surface area contributed by atoms with E-state index in [-0.39, 0.29) is 0 Å². The fourth-order valence-corrected chi connectivity index (χ4v) is 0.411. The minimum atomic E-state index is -0.793. The summed E-state index contributed by atoms with van der Waals surface area (Å²) in [6, 6.07) is 0. The second-order valence-corrected chi connectivity index (χ2v) is 1.79. The van der Waals surface area contributed by atoms with Crippen molar-refractivity contribution in [2.45, 2.75) is 26.5 Å². The Kier molecular flexibility index (Phi) is 4.66. The number of hydrogen-bond acceptors (Lipinski definition) is 3. The number of carbonyl (C=O) groups excluding carboxylic acids is 1. The molecule has 0 aliphatic rings. The smallest absolute Gasteiger partial charge is 0.409 e. The zero-order valence-corrected chi connectivity index (χ0v) is 6.26. The average molecular weight is 147 g/mol. The molecule has 0 saturated carbocycles. The van der Waals surface area contributed by atoms with Gasteiger partial charge in [-0.3, -0.25) is 5.32 Å². The molecule has 0 aliphatic carbocycles. The summed E-state index contributed by atoms with van der Waals surface area (Å²) < 4.78 is 4.50. The van der Waals surface area contributed by atoms with Crippen molar-refractivity contribution in [2.24, 2.45) is 0 Å². The maximum Gasteiger partial charge on any atom is 0.409 e. The minimum Gasteiger partial charge on any atom is -0.450 e. The third kappa shape index (κ3) is 4.14. The van der Waals surface area contributed by atoms with E-state index in [9.17, 15) is 4.79 Å². The molecule has 0 bridgehead atoms. The van der Waals surface area contributed by atoms with Crippen molar-refractivity contribution in [2.75, 3.05) is 6.61 Å². The van der Waals surface area contributed by atoms with E-state index in [1.807, 2.05) is 0 Å². The van der Waals surface area contributed by atoms with Gasteiger partial charge in [-0.25, -0.2) is 4.79 Å². The minimum absolute atomic E-state index is 0.322. The predicted octanol–water partition coefficient (Wildman–Crippen LogP) is 0.461. The largest absolute Gasteiger partial charge is 0.450 e. The van der Waals surface area contributed by atoms with Crippen LogP contribution in [0, 0.1) is 0 Å². The summed E-state index contributed by atoms with van der Waals surface area (Å²) in [7, 11) is 0. The first-order valence-corrected chi connectivity index (χ1v) is 3.32. The van der Waals surface area contributed by atoms with Crippen molar-refractivity contribution in [1.82, 2.24) is 5.32 Å². The summed E-state index contributed by atoms with van der Waals surface area (Å²) in [5.74, 6) is 0. The number of nitrogens with one attached hydrogen (secondary N) is 1. The van der Waals surface area contributed by atoms with Crippen LogP contribution < -0.4 is 5.32 Å². The lowest BCUT2D eigenvalue weighted by Crippen LogP contribution is -2.34. The van der Waals surface area contributed by atoms with Crippen LogP contribution in [0.3, 0.4) is 0 Å². The third-order valence-corrected chi connectivity index (χ3v) is 0.947. The molecule has 4 heteroatoms. The van der Waals surface area contributed by atoms with Crippen LogP contribution in [-0.4, -0.2) is 24.0 Å². The summed E-state index contributed by atoms with van der Waals surface area (Å²) in [6.07, 6.45) is -0.880. The van der Waals surface area contributed by atoms with E-state index in [2.05, 4.69) is 10.1 Å². The molecule has 0 radical (unpaired) electrons. The molecule has 4 nitrogen and oxygen atoms in total. The fourth-order valence-electron chi connectivity index (χ4n) is 0.411. The Morgan fingerprint density at radius 2 is 2.30 bits per heavy atom. The van der Waals surface area contributed by atoms with E-state index >= 15 is 0 Å². The van der Waals surface area contributed by atoms with E-state index < -0.39 is 12.3 Å². The maximum absolute atomic E-state index is 10.5. The average Bonchev–Trinajstić information content (AvgIpc) is 1.88. The Morgan fingerprint density at radius 1 is 1.70 bits per heavy atom. The molecule has 2 N–H and O–H groups in total. The molecular formula is C6H13NO3. The number of hydrogen-bond donors (Lipinski definition) is 2. The second kappa shape index (κ2) is 5.05. The van der Waals surface area contributed by atoms with Crippen molar-refractivity contribution in [3.8, 4) is 0 Å². The van der Waals surface area contributed by atoms with E-state index in [0.29, 0.717) is 13.0 Å². The topological polar surface area (TPSA) is 58.6 Å². The first-order valence-electron chi connectivity index (χ1n) is 3.32. The van der Waals surface area contributed by atoms with E-state index in [1.54, 1.807) is 13.8 Å². The third-order valence-electron chi connectivity index (χ3n) is 0.947. The van der Waals surface area contributed by atoms with Gasteiger partial charge in [0.2, 0.25) is 0 Å². The molecule has 60 valence electrons. The first-order chi connectivity index (χ1) is 4.70. The van der Waals surface area contributed by atoms with Gasteiger partial charge in [0.15, 0.2) is 0 Å². The fraction of sp³-hybridized carbons (Fsp3) is 0.833. The van der Waals surface area contributed by atoms with Crippen molar-refractivity contribution >= 4 is 6.09 Å². The number of rotatable bonds is 3. The number of ether oxygens (including phenoxy) is 1. The van der Waals surface area contributed by atoms with Crippen LogP contribution >= 0.6 is 0 Å². The molecule has 0 aromatic heterocycles. The number of aliphatic hydroxyl groups excluding tert-OH is 1. The quantitative estimate of drug-likeness (QED) is 0.570. The molecule has 1 atom stereocenters. The summed E-state index contributed by atoms with van der Waals surface area (Å²) >= 11 is 0. The molecule has 0 spiro atoms. The van der Waals surface area contributed by atoms with Gasteiger partial charge in [-0.05, 0) is 13.3 Å². The van der Waals surface area contributed by atoms with Gasteiger partial charge in [0.05, 0.1) is 6.61 Å². The summed E-state index contributed by atoms with van der Waals surface area (Å²) in [5, 5.41) is 11.1. The molecular weight excluding hydrogens is 134 g/mol. The molecule has 1 unspecified atom stereocenters. The van der Waals surface area contributed by atoms with Crippen LogP contribution in [0.5, 0.6) is 0 Å². The van der Waals surface area contributed by atoms with Crippen molar-refractivity contribution in [1.29, 1.82) is 0 Å². The Bertz CT molecular complexity index is 105. The zero-order chi connectivity index (χ0) is 7.98. The highest BCUT2D eigenvalue weighted by molar-refractivity contribution is 5.67. The van der Waals surface area contributed by atoms with Gasteiger partial charge in [-0.15, -0.1) is 0 Å².